The fourth-order valence-corrected chi connectivity index (χ4v) is 4.12. The van der Waals surface area contributed by atoms with Gasteiger partial charge in [-0.3, -0.25) is 0 Å². The highest BCUT2D eigenvalue weighted by atomic mass is 32.2. The molecule has 1 aliphatic heterocycles. The molecule has 3 rings (SSSR count). The summed E-state index contributed by atoms with van der Waals surface area (Å²) in [6.45, 7) is 0.485. The number of anilines is 1. The van der Waals surface area contributed by atoms with Gasteiger partial charge in [0.25, 0.3) is 0 Å². The van der Waals surface area contributed by atoms with Crippen LogP contribution in [-0.4, -0.2) is 22.3 Å². The molecule has 2 aromatic rings. The van der Waals surface area contributed by atoms with Gasteiger partial charge in [-0.05, 0) is 36.5 Å². The summed E-state index contributed by atoms with van der Waals surface area (Å²) in [5.41, 5.74) is 0.347. The Kier molecular flexibility index (Phi) is 4.96. The van der Waals surface area contributed by atoms with Crippen molar-refractivity contribution in [1.29, 1.82) is 0 Å². The maximum absolute atomic E-state index is 14.0. The van der Waals surface area contributed by atoms with Crippen LogP contribution in [-0.2, 0) is 0 Å². The topological polar surface area (TPSA) is 15.3 Å². The maximum atomic E-state index is 14.0. The van der Waals surface area contributed by atoms with E-state index in [1.807, 2.05) is 0 Å². The smallest absolute Gasteiger partial charge is 0.174 e. The number of hydrogen-bond donors (Lipinski definition) is 1. The minimum atomic E-state index is -0.963. The molecule has 2 aromatic carbocycles. The van der Waals surface area contributed by atoms with E-state index < -0.39 is 22.8 Å². The molecule has 0 bridgehead atoms. The number of rotatable bonds is 2. The fraction of sp³-hybridized carbons (Fsp3) is 0.188. The normalized spacial score (nSPS) is 17.2. The molecule has 0 amide bonds. The molecule has 24 heavy (non-hydrogen) atoms. The third kappa shape index (κ3) is 3.49. The molecular weight excluding hydrogens is 360 g/mol. The molecule has 1 heterocycles. The summed E-state index contributed by atoms with van der Waals surface area (Å²) < 4.78 is 54.1. The Morgan fingerprint density at radius 2 is 1.67 bits per heavy atom. The van der Waals surface area contributed by atoms with Gasteiger partial charge in [-0.15, -0.1) is 11.8 Å². The van der Waals surface area contributed by atoms with Crippen molar-refractivity contribution in [2.24, 2.45) is 0 Å². The molecule has 0 radical (unpaired) electrons. The SMILES string of the molecule is Fc1ccc(NC(=S)N2CCS[C@H]2c2c(F)cc(F)cc2F)cc1. The second-order valence-corrected chi connectivity index (χ2v) is 6.71. The summed E-state index contributed by atoms with van der Waals surface area (Å²) in [5.74, 6) is -2.61. The second-order valence-electron chi connectivity index (χ2n) is 5.14. The second kappa shape index (κ2) is 6.98. The zero-order valence-corrected chi connectivity index (χ0v) is 13.9. The number of nitrogens with one attached hydrogen (secondary N) is 1. The first-order valence-corrected chi connectivity index (χ1v) is 8.50. The molecule has 1 aliphatic rings. The van der Waals surface area contributed by atoms with Crippen LogP contribution in [0.3, 0.4) is 0 Å². The fourth-order valence-electron chi connectivity index (χ4n) is 2.43. The number of hydrogen-bond acceptors (Lipinski definition) is 2. The Labute approximate surface area is 145 Å². The van der Waals surface area contributed by atoms with E-state index in [2.05, 4.69) is 5.32 Å². The van der Waals surface area contributed by atoms with E-state index in [1.54, 1.807) is 4.90 Å². The number of thioether (sulfide) groups is 1. The highest BCUT2D eigenvalue weighted by Crippen LogP contribution is 2.40. The van der Waals surface area contributed by atoms with Gasteiger partial charge in [-0.25, -0.2) is 17.6 Å². The molecule has 2 nitrogen and oxygen atoms in total. The lowest BCUT2D eigenvalue weighted by atomic mass is 10.1. The van der Waals surface area contributed by atoms with Crippen molar-refractivity contribution in [3.05, 3.63) is 65.2 Å². The van der Waals surface area contributed by atoms with E-state index in [9.17, 15) is 17.6 Å². The van der Waals surface area contributed by atoms with Crippen molar-refractivity contribution in [1.82, 2.24) is 4.90 Å². The van der Waals surface area contributed by atoms with Gasteiger partial charge in [0.15, 0.2) is 5.11 Å². The van der Waals surface area contributed by atoms with Gasteiger partial charge in [0, 0.05) is 30.1 Å². The van der Waals surface area contributed by atoms with Gasteiger partial charge in [0.1, 0.15) is 28.6 Å². The van der Waals surface area contributed by atoms with Crippen molar-refractivity contribution in [2.75, 3.05) is 17.6 Å². The summed E-state index contributed by atoms with van der Waals surface area (Å²) in [6.07, 6.45) is 0. The Morgan fingerprint density at radius 1 is 1.04 bits per heavy atom. The van der Waals surface area contributed by atoms with Crippen molar-refractivity contribution < 1.29 is 17.6 Å². The standard InChI is InChI=1S/C16H12F4N2S2/c17-9-1-3-11(4-2-9)21-16(23)22-5-6-24-15(22)14-12(19)7-10(18)8-13(14)20/h1-4,7-8,15H,5-6H2,(H,21,23)/t15-/m0/s1. The van der Waals surface area contributed by atoms with Gasteiger partial charge >= 0.3 is 0 Å². The lowest BCUT2D eigenvalue weighted by Gasteiger charge is -2.27. The van der Waals surface area contributed by atoms with E-state index in [-0.39, 0.29) is 16.5 Å². The van der Waals surface area contributed by atoms with Gasteiger partial charge in [0.05, 0.1) is 5.56 Å². The quantitative estimate of drug-likeness (QED) is 0.608. The van der Waals surface area contributed by atoms with Crippen LogP contribution in [0.1, 0.15) is 10.9 Å². The minimum absolute atomic E-state index is 0.220. The summed E-state index contributed by atoms with van der Waals surface area (Å²) >= 11 is 6.62. The molecule has 1 atom stereocenters. The summed E-state index contributed by atoms with van der Waals surface area (Å²) in [7, 11) is 0. The molecule has 0 aliphatic carbocycles. The van der Waals surface area contributed by atoms with Crippen LogP contribution in [0.25, 0.3) is 0 Å². The van der Waals surface area contributed by atoms with E-state index in [0.717, 1.165) is 0 Å². The maximum Gasteiger partial charge on any atom is 0.174 e. The monoisotopic (exact) mass is 372 g/mol. The van der Waals surface area contributed by atoms with Crippen molar-refractivity contribution in [3.63, 3.8) is 0 Å². The van der Waals surface area contributed by atoms with Crippen LogP contribution < -0.4 is 5.32 Å². The molecule has 126 valence electrons. The minimum Gasteiger partial charge on any atom is -0.333 e. The number of nitrogens with zero attached hydrogens (tertiary/aromatic N) is 1. The van der Waals surface area contributed by atoms with Crippen LogP contribution in [0.5, 0.6) is 0 Å². The predicted molar refractivity (Wildman–Crippen MR) is 90.8 cm³/mol. The van der Waals surface area contributed by atoms with Gasteiger partial charge in [-0.2, -0.15) is 0 Å². The average Bonchev–Trinajstić information content (AvgIpc) is 2.98. The Hall–Kier alpha value is -1.80. The van der Waals surface area contributed by atoms with E-state index in [4.69, 9.17) is 12.2 Å². The van der Waals surface area contributed by atoms with Crippen LogP contribution >= 0.6 is 24.0 Å². The lowest BCUT2D eigenvalue weighted by Crippen LogP contribution is -2.34. The summed E-state index contributed by atoms with van der Waals surface area (Å²) in [4.78, 5) is 1.63. The molecule has 0 aromatic heterocycles. The molecule has 1 fully saturated rings. The summed E-state index contributed by atoms with van der Waals surface area (Å²) in [5, 5.41) is 2.49. The van der Waals surface area contributed by atoms with E-state index in [1.165, 1.54) is 36.0 Å². The molecule has 8 heteroatoms. The van der Waals surface area contributed by atoms with Crippen LogP contribution in [0, 0.1) is 23.3 Å². The first-order valence-electron chi connectivity index (χ1n) is 7.05. The molecular formula is C16H12F4N2S2. The lowest BCUT2D eigenvalue weighted by molar-refractivity contribution is 0.422. The average molecular weight is 372 g/mol. The van der Waals surface area contributed by atoms with Crippen LogP contribution in [0.4, 0.5) is 23.2 Å². The van der Waals surface area contributed by atoms with Crippen molar-refractivity contribution in [2.45, 2.75) is 5.37 Å². The summed E-state index contributed by atoms with van der Waals surface area (Å²) in [6, 6.07) is 6.90. The molecule has 0 spiro atoms. The molecule has 0 unspecified atom stereocenters. The van der Waals surface area contributed by atoms with E-state index in [0.29, 0.717) is 30.1 Å². The molecule has 1 N–H and O–H groups in total. The first-order chi connectivity index (χ1) is 11.5. The third-order valence-corrected chi connectivity index (χ3v) is 5.10. The molecule has 1 saturated heterocycles. The first kappa shape index (κ1) is 17.0. The van der Waals surface area contributed by atoms with Gasteiger partial charge in [0.2, 0.25) is 0 Å². The number of thiocarbonyl (C=S) groups is 1. The highest BCUT2D eigenvalue weighted by Gasteiger charge is 2.33. The number of benzene rings is 2. The molecule has 0 saturated carbocycles. The predicted octanol–water partition coefficient (Wildman–Crippen LogP) is 4.69. The van der Waals surface area contributed by atoms with Crippen molar-refractivity contribution in [3.8, 4) is 0 Å². The zero-order chi connectivity index (χ0) is 17.3. The zero-order valence-electron chi connectivity index (χ0n) is 12.2. The van der Waals surface area contributed by atoms with Crippen LogP contribution in [0.2, 0.25) is 0 Å². The Bertz CT molecular complexity index is 744. The Morgan fingerprint density at radius 3 is 2.29 bits per heavy atom. The van der Waals surface area contributed by atoms with Gasteiger partial charge < -0.3 is 10.2 Å². The number of halogens is 4. The van der Waals surface area contributed by atoms with E-state index >= 15 is 0 Å². The Balaban J connectivity index is 1.83. The third-order valence-electron chi connectivity index (χ3n) is 3.54. The largest absolute Gasteiger partial charge is 0.333 e. The van der Waals surface area contributed by atoms with Gasteiger partial charge in [-0.1, -0.05) is 0 Å². The highest BCUT2D eigenvalue weighted by molar-refractivity contribution is 7.99. The van der Waals surface area contributed by atoms with Crippen LogP contribution in [0.15, 0.2) is 36.4 Å². The van der Waals surface area contributed by atoms with Crippen molar-refractivity contribution >= 4 is 34.8 Å².